The van der Waals surface area contributed by atoms with E-state index in [-0.39, 0.29) is 5.91 Å². The van der Waals surface area contributed by atoms with E-state index in [0.717, 1.165) is 69.1 Å². The number of aromatic nitrogens is 3. The number of rotatable bonds is 8. The number of nitrogens with zero attached hydrogens (tertiary/aromatic N) is 5. The maximum atomic E-state index is 12.4. The molecule has 1 saturated heterocycles. The van der Waals surface area contributed by atoms with Gasteiger partial charge in [-0.1, -0.05) is 17.7 Å². The number of carbonyl (C=O) groups is 2. The van der Waals surface area contributed by atoms with Gasteiger partial charge in [0.15, 0.2) is 0 Å². The number of amides is 2. The first-order chi connectivity index (χ1) is 18.1. The van der Waals surface area contributed by atoms with Crippen molar-refractivity contribution in [2.24, 2.45) is 0 Å². The molecule has 1 fully saturated rings. The molecule has 2 amide bonds. The van der Waals surface area contributed by atoms with Crippen LogP contribution in [0.1, 0.15) is 12.0 Å². The summed E-state index contributed by atoms with van der Waals surface area (Å²) in [6, 6.07) is 7.59. The first kappa shape index (κ1) is 25.1. The lowest BCUT2D eigenvalue weighted by Crippen LogP contribution is -2.38. The monoisotopic (exact) mass is 521 g/mol. The van der Waals surface area contributed by atoms with Crippen LogP contribution in [-0.4, -0.2) is 77.6 Å². The first-order valence-corrected chi connectivity index (χ1v) is 12.7. The average molecular weight is 522 g/mol. The molecule has 0 aliphatic carbocycles. The standard InChI is InChI=1S/C26H28ClN7O3/c27-19-3-2-18-6-9-34(22(18)14-19)26-20-15-23(29-16-21(20)30-17-31-26)32-25(36)5-4-24(35)28-7-1-8-33-10-12-37-13-11-33/h2-5,14-17H,1,6-13H2,(H,28,35)(H,29,32,36)/b5-4+. The number of morpholine rings is 1. The highest BCUT2D eigenvalue weighted by atomic mass is 35.5. The largest absolute Gasteiger partial charge is 0.379 e. The van der Waals surface area contributed by atoms with Gasteiger partial charge in [0.25, 0.3) is 0 Å². The molecule has 2 aliphatic heterocycles. The number of halogens is 1. The van der Waals surface area contributed by atoms with Gasteiger partial charge in [0.2, 0.25) is 11.8 Å². The maximum Gasteiger partial charge on any atom is 0.249 e. The molecule has 10 nitrogen and oxygen atoms in total. The van der Waals surface area contributed by atoms with Crippen molar-refractivity contribution in [1.82, 2.24) is 25.2 Å². The summed E-state index contributed by atoms with van der Waals surface area (Å²) in [5.74, 6) is 0.295. The Morgan fingerprint density at radius 3 is 2.76 bits per heavy atom. The molecular weight excluding hydrogens is 494 g/mol. The van der Waals surface area contributed by atoms with E-state index in [4.69, 9.17) is 16.3 Å². The van der Waals surface area contributed by atoms with Gasteiger partial charge < -0.3 is 20.3 Å². The SMILES string of the molecule is O=C(/C=C/C(=O)Nc1cc2c(N3CCc4ccc(Cl)cc43)ncnc2cn1)NCCCN1CCOCC1. The van der Waals surface area contributed by atoms with E-state index in [2.05, 4.69) is 35.4 Å². The summed E-state index contributed by atoms with van der Waals surface area (Å²) in [6.45, 7) is 5.56. The molecule has 2 aliphatic rings. The molecular formula is C26H28ClN7O3. The highest BCUT2D eigenvalue weighted by Crippen LogP contribution is 2.38. The zero-order valence-electron chi connectivity index (χ0n) is 20.3. The highest BCUT2D eigenvalue weighted by molar-refractivity contribution is 6.31. The lowest BCUT2D eigenvalue weighted by Gasteiger charge is -2.26. The fourth-order valence-corrected chi connectivity index (χ4v) is 4.68. The van der Waals surface area contributed by atoms with Crippen LogP contribution in [0.2, 0.25) is 5.02 Å². The Morgan fingerprint density at radius 2 is 1.89 bits per heavy atom. The topological polar surface area (TPSA) is 113 Å². The highest BCUT2D eigenvalue weighted by Gasteiger charge is 2.23. The van der Waals surface area contributed by atoms with Crippen molar-refractivity contribution >= 4 is 51.6 Å². The van der Waals surface area contributed by atoms with Crippen molar-refractivity contribution in [2.45, 2.75) is 12.8 Å². The number of fused-ring (bicyclic) bond motifs is 2. The minimum Gasteiger partial charge on any atom is -0.379 e. The Kier molecular flexibility index (Phi) is 7.88. The minimum atomic E-state index is -0.452. The summed E-state index contributed by atoms with van der Waals surface area (Å²) in [5, 5.41) is 6.93. The third-order valence-corrected chi connectivity index (χ3v) is 6.63. The number of ether oxygens (including phenoxy) is 1. The predicted octanol–water partition coefficient (Wildman–Crippen LogP) is 2.71. The van der Waals surface area contributed by atoms with Crippen LogP contribution < -0.4 is 15.5 Å². The number of anilines is 3. The summed E-state index contributed by atoms with van der Waals surface area (Å²) in [4.78, 5) is 42.1. The van der Waals surface area contributed by atoms with E-state index in [0.29, 0.717) is 22.9 Å². The quantitative estimate of drug-likeness (QED) is 0.344. The Hall–Kier alpha value is -3.60. The fraction of sp³-hybridized carbons (Fsp3) is 0.346. The van der Waals surface area contributed by atoms with Gasteiger partial charge in [-0.05, 0) is 43.1 Å². The van der Waals surface area contributed by atoms with Crippen molar-refractivity contribution in [3.63, 3.8) is 0 Å². The van der Waals surface area contributed by atoms with Crippen LogP contribution in [-0.2, 0) is 20.7 Å². The number of hydrogen-bond acceptors (Lipinski definition) is 8. The predicted molar refractivity (Wildman–Crippen MR) is 142 cm³/mol. The van der Waals surface area contributed by atoms with Gasteiger partial charge in [-0.15, -0.1) is 0 Å². The van der Waals surface area contributed by atoms with Crippen molar-refractivity contribution < 1.29 is 14.3 Å². The molecule has 0 bridgehead atoms. The van der Waals surface area contributed by atoms with Crippen molar-refractivity contribution in [3.8, 4) is 0 Å². The van der Waals surface area contributed by atoms with Gasteiger partial charge in [0, 0.05) is 54.4 Å². The Balaban J connectivity index is 1.19. The van der Waals surface area contributed by atoms with E-state index in [9.17, 15) is 9.59 Å². The summed E-state index contributed by atoms with van der Waals surface area (Å²) in [6.07, 6.45) is 7.24. The van der Waals surface area contributed by atoms with Crippen molar-refractivity contribution in [2.75, 3.05) is 56.2 Å². The van der Waals surface area contributed by atoms with Crippen LogP contribution in [0.3, 0.4) is 0 Å². The van der Waals surface area contributed by atoms with Gasteiger partial charge in [-0.3, -0.25) is 14.5 Å². The van der Waals surface area contributed by atoms with E-state index in [1.54, 1.807) is 12.3 Å². The minimum absolute atomic E-state index is 0.314. The molecule has 2 N–H and O–H groups in total. The van der Waals surface area contributed by atoms with Crippen LogP contribution in [0.5, 0.6) is 0 Å². The number of hydrogen-bond donors (Lipinski definition) is 2. The fourth-order valence-electron chi connectivity index (χ4n) is 4.52. The van der Waals surface area contributed by atoms with Gasteiger partial charge in [0.05, 0.1) is 24.9 Å². The number of benzene rings is 1. The Bertz CT molecular complexity index is 1330. The molecule has 0 unspecified atom stereocenters. The molecule has 0 atom stereocenters. The molecule has 11 heteroatoms. The van der Waals surface area contributed by atoms with Crippen molar-refractivity contribution in [3.05, 3.63) is 59.5 Å². The summed E-state index contributed by atoms with van der Waals surface area (Å²) in [7, 11) is 0. The van der Waals surface area contributed by atoms with Crippen LogP contribution in [0, 0.1) is 0 Å². The molecule has 0 radical (unpaired) electrons. The third-order valence-electron chi connectivity index (χ3n) is 6.39. The molecule has 37 heavy (non-hydrogen) atoms. The average Bonchev–Trinajstić information content (AvgIpc) is 3.33. The summed E-state index contributed by atoms with van der Waals surface area (Å²) in [5.41, 5.74) is 2.86. The van der Waals surface area contributed by atoms with E-state index in [1.165, 1.54) is 24.0 Å². The molecule has 5 rings (SSSR count). The molecule has 4 heterocycles. The molecule has 0 spiro atoms. The molecule has 1 aromatic carbocycles. The van der Waals surface area contributed by atoms with Gasteiger partial charge >= 0.3 is 0 Å². The summed E-state index contributed by atoms with van der Waals surface area (Å²) >= 11 is 6.24. The molecule has 3 aromatic rings. The second-order valence-corrected chi connectivity index (χ2v) is 9.32. The lowest BCUT2D eigenvalue weighted by molar-refractivity contribution is -0.117. The van der Waals surface area contributed by atoms with Crippen molar-refractivity contribution in [1.29, 1.82) is 0 Å². The van der Waals surface area contributed by atoms with Gasteiger partial charge in [-0.25, -0.2) is 15.0 Å². The molecule has 192 valence electrons. The first-order valence-electron chi connectivity index (χ1n) is 12.3. The van der Waals surface area contributed by atoms with E-state index < -0.39 is 5.91 Å². The van der Waals surface area contributed by atoms with Crippen LogP contribution in [0.25, 0.3) is 10.9 Å². The van der Waals surface area contributed by atoms with Crippen LogP contribution >= 0.6 is 11.6 Å². The normalized spacial score (nSPS) is 15.8. The summed E-state index contributed by atoms with van der Waals surface area (Å²) < 4.78 is 5.33. The smallest absolute Gasteiger partial charge is 0.249 e. The van der Waals surface area contributed by atoms with E-state index in [1.807, 2.05) is 18.2 Å². The Labute approximate surface area is 219 Å². The molecule has 0 saturated carbocycles. The van der Waals surface area contributed by atoms with Gasteiger partial charge in [-0.2, -0.15) is 0 Å². The lowest BCUT2D eigenvalue weighted by atomic mass is 10.2. The third kappa shape index (κ3) is 6.22. The molecule has 2 aromatic heterocycles. The van der Waals surface area contributed by atoms with Crippen LogP contribution in [0.4, 0.5) is 17.3 Å². The zero-order valence-corrected chi connectivity index (χ0v) is 21.1. The second-order valence-electron chi connectivity index (χ2n) is 8.88. The second kappa shape index (κ2) is 11.6. The number of nitrogens with one attached hydrogen (secondary N) is 2. The zero-order chi connectivity index (χ0) is 25.6. The van der Waals surface area contributed by atoms with Gasteiger partial charge in [0.1, 0.15) is 18.0 Å². The van der Waals surface area contributed by atoms with E-state index >= 15 is 0 Å². The number of carbonyl (C=O) groups excluding carboxylic acids is 2. The van der Waals surface area contributed by atoms with Crippen LogP contribution in [0.15, 0.2) is 48.9 Å². The maximum absolute atomic E-state index is 12.4. The Morgan fingerprint density at radius 1 is 1.05 bits per heavy atom. The number of pyridine rings is 1.